The summed E-state index contributed by atoms with van der Waals surface area (Å²) in [7, 11) is 5.68. The van der Waals surface area contributed by atoms with Gasteiger partial charge in [0.25, 0.3) is 11.8 Å². The molecule has 0 atom stereocenters. The molecule has 0 N–H and O–H groups in total. The minimum Gasteiger partial charge on any atom is -0.494 e. The average molecular weight is 416 g/mol. The predicted octanol–water partition coefficient (Wildman–Crippen LogP) is 2.23. The van der Waals surface area contributed by atoms with Gasteiger partial charge in [0, 0.05) is 33.4 Å². The summed E-state index contributed by atoms with van der Waals surface area (Å²) >= 11 is 0. The number of carbonyl (C=O) groups is 2. The van der Waals surface area contributed by atoms with Crippen molar-refractivity contribution in [1.82, 2.24) is 14.7 Å². The SMILES string of the molecule is CCOc1ccc(C2=C(N(C)C3CCN(C)CC3)C(=O)N(CCCOC)C2=O)cc1. The number of methoxy groups -OCH3 is 1. The molecular formula is C23H33N3O4. The van der Waals surface area contributed by atoms with Crippen LogP contribution in [-0.2, 0) is 14.3 Å². The molecule has 2 heterocycles. The lowest BCUT2D eigenvalue weighted by molar-refractivity contribution is -0.137. The van der Waals surface area contributed by atoms with Crippen molar-refractivity contribution in [1.29, 1.82) is 0 Å². The zero-order chi connectivity index (χ0) is 21.7. The minimum absolute atomic E-state index is 0.207. The van der Waals surface area contributed by atoms with E-state index in [-0.39, 0.29) is 17.9 Å². The van der Waals surface area contributed by atoms with E-state index in [4.69, 9.17) is 9.47 Å². The van der Waals surface area contributed by atoms with Gasteiger partial charge in [0.2, 0.25) is 0 Å². The van der Waals surface area contributed by atoms with E-state index in [1.165, 1.54) is 4.90 Å². The molecule has 0 saturated carbocycles. The average Bonchev–Trinajstić information content (AvgIpc) is 2.99. The summed E-state index contributed by atoms with van der Waals surface area (Å²) in [5, 5.41) is 0. The summed E-state index contributed by atoms with van der Waals surface area (Å²) in [6.45, 7) is 5.35. The molecule has 0 bridgehead atoms. The Labute approximate surface area is 179 Å². The van der Waals surface area contributed by atoms with Crippen LogP contribution in [0, 0.1) is 0 Å². The van der Waals surface area contributed by atoms with Crippen LogP contribution in [0.5, 0.6) is 5.75 Å². The maximum Gasteiger partial charge on any atom is 0.277 e. The number of imide groups is 1. The number of ether oxygens (including phenoxy) is 2. The summed E-state index contributed by atoms with van der Waals surface area (Å²) in [5.41, 5.74) is 1.75. The van der Waals surface area contributed by atoms with Crippen molar-refractivity contribution in [3.63, 3.8) is 0 Å². The molecule has 2 aliphatic heterocycles. The largest absolute Gasteiger partial charge is 0.494 e. The van der Waals surface area contributed by atoms with Crippen LogP contribution >= 0.6 is 0 Å². The summed E-state index contributed by atoms with van der Waals surface area (Å²) in [6, 6.07) is 7.68. The second-order valence-electron chi connectivity index (χ2n) is 7.93. The Balaban J connectivity index is 1.93. The fourth-order valence-electron chi connectivity index (χ4n) is 4.17. The molecule has 0 spiro atoms. The van der Waals surface area contributed by atoms with Crippen molar-refractivity contribution in [3.8, 4) is 5.75 Å². The summed E-state index contributed by atoms with van der Waals surface area (Å²) in [5.74, 6) is 0.317. The predicted molar refractivity (Wildman–Crippen MR) is 116 cm³/mol. The fourth-order valence-corrected chi connectivity index (χ4v) is 4.17. The molecule has 0 aromatic heterocycles. The Kier molecular flexibility index (Phi) is 7.50. The fraction of sp³-hybridized carbons (Fsp3) is 0.565. The number of rotatable bonds is 9. The van der Waals surface area contributed by atoms with Crippen LogP contribution in [0.2, 0.25) is 0 Å². The molecule has 1 saturated heterocycles. The monoisotopic (exact) mass is 415 g/mol. The molecule has 1 aromatic rings. The molecule has 2 amide bonds. The van der Waals surface area contributed by atoms with E-state index in [1.54, 1.807) is 7.11 Å². The van der Waals surface area contributed by atoms with E-state index in [0.29, 0.717) is 37.4 Å². The van der Waals surface area contributed by atoms with Crippen LogP contribution in [0.1, 0.15) is 31.7 Å². The lowest BCUT2D eigenvalue weighted by Crippen LogP contribution is -2.43. The smallest absolute Gasteiger partial charge is 0.277 e. The third-order valence-corrected chi connectivity index (χ3v) is 5.92. The van der Waals surface area contributed by atoms with Crippen LogP contribution in [0.4, 0.5) is 0 Å². The van der Waals surface area contributed by atoms with Gasteiger partial charge < -0.3 is 19.3 Å². The number of carbonyl (C=O) groups excluding carboxylic acids is 2. The molecule has 0 radical (unpaired) electrons. The van der Waals surface area contributed by atoms with Gasteiger partial charge in [-0.25, -0.2) is 0 Å². The highest BCUT2D eigenvalue weighted by Crippen LogP contribution is 2.34. The Morgan fingerprint density at radius 2 is 1.77 bits per heavy atom. The molecule has 7 heteroatoms. The van der Waals surface area contributed by atoms with Gasteiger partial charge in [0.15, 0.2) is 0 Å². The van der Waals surface area contributed by atoms with E-state index in [9.17, 15) is 9.59 Å². The van der Waals surface area contributed by atoms with Gasteiger partial charge in [-0.15, -0.1) is 0 Å². The molecule has 0 aliphatic carbocycles. The number of amides is 2. The van der Waals surface area contributed by atoms with E-state index in [0.717, 1.165) is 37.2 Å². The zero-order valence-corrected chi connectivity index (χ0v) is 18.5. The maximum atomic E-state index is 13.3. The highest BCUT2D eigenvalue weighted by Gasteiger charge is 2.42. The Bertz CT molecular complexity index is 782. The number of likely N-dealkylation sites (tertiary alicyclic amines) is 1. The highest BCUT2D eigenvalue weighted by atomic mass is 16.5. The van der Waals surface area contributed by atoms with Gasteiger partial charge in [0.1, 0.15) is 11.4 Å². The van der Waals surface area contributed by atoms with E-state index in [1.807, 2.05) is 43.1 Å². The maximum absolute atomic E-state index is 13.3. The van der Waals surface area contributed by atoms with E-state index >= 15 is 0 Å². The molecule has 0 unspecified atom stereocenters. The molecule has 164 valence electrons. The van der Waals surface area contributed by atoms with Gasteiger partial charge >= 0.3 is 0 Å². The quantitative estimate of drug-likeness (QED) is 0.455. The normalized spacial score (nSPS) is 18.5. The van der Waals surface area contributed by atoms with E-state index < -0.39 is 0 Å². The third kappa shape index (κ3) is 4.68. The standard InChI is InChI=1S/C23H33N3O4/c1-5-30-19-9-7-17(8-10-19)20-21(25(3)18-11-14-24(2)15-12-18)23(28)26(22(20)27)13-6-16-29-4/h7-10,18H,5-6,11-16H2,1-4H3. The second kappa shape index (κ2) is 10.1. The van der Waals surface area contributed by atoms with Crippen LogP contribution in [-0.4, -0.2) is 86.6 Å². The van der Waals surface area contributed by atoms with Gasteiger partial charge in [-0.1, -0.05) is 12.1 Å². The third-order valence-electron chi connectivity index (χ3n) is 5.92. The number of hydrogen-bond acceptors (Lipinski definition) is 6. The molecule has 1 aromatic carbocycles. The van der Waals surface area contributed by atoms with Gasteiger partial charge in [-0.3, -0.25) is 14.5 Å². The molecule has 30 heavy (non-hydrogen) atoms. The van der Waals surface area contributed by atoms with Crippen molar-refractivity contribution in [2.45, 2.75) is 32.2 Å². The second-order valence-corrected chi connectivity index (χ2v) is 7.93. The Morgan fingerprint density at radius 3 is 2.37 bits per heavy atom. The van der Waals surface area contributed by atoms with Crippen molar-refractivity contribution < 1.29 is 19.1 Å². The van der Waals surface area contributed by atoms with Gasteiger partial charge in [0.05, 0.1) is 12.2 Å². The highest BCUT2D eigenvalue weighted by molar-refractivity contribution is 6.35. The first kappa shape index (κ1) is 22.3. The topological polar surface area (TPSA) is 62.3 Å². The molecule has 7 nitrogen and oxygen atoms in total. The van der Waals surface area contributed by atoms with Crippen molar-refractivity contribution in [2.75, 3.05) is 54.1 Å². The molecule has 2 aliphatic rings. The van der Waals surface area contributed by atoms with Crippen molar-refractivity contribution in [3.05, 3.63) is 35.5 Å². The van der Waals surface area contributed by atoms with Crippen molar-refractivity contribution in [2.24, 2.45) is 0 Å². The lowest BCUT2D eigenvalue weighted by atomic mass is 10.00. The number of nitrogens with zero attached hydrogens (tertiary/aromatic N) is 3. The molecular weight excluding hydrogens is 382 g/mol. The lowest BCUT2D eigenvalue weighted by Gasteiger charge is -2.36. The number of hydrogen-bond donors (Lipinski definition) is 0. The molecule has 1 fully saturated rings. The zero-order valence-electron chi connectivity index (χ0n) is 18.5. The summed E-state index contributed by atoms with van der Waals surface area (Å²) < 4.78 is 10.6. The van der Waals surface area contributed by atoms with E-state index in [2.05, 4.69) is 11.9 Å². The molecule has 3 rings (SSSR count). The first-order valence-electron chi connectivity index (χ1n) is 10.7. The summed E-state index contributed by atoms with van der Waals surface area (Å²) in [4.78, 5) is 32.4. The number of benzene rings is 1. The van der Waals surface area contributed by atoms with Crippen molar-refractivity contribution >= 4 is 17.4 Å². The first-order chi connectivity index (χ1) is 14.5. The Morgan fingerprint density at radius 1 is 1.10 bits per heavy atom. The van der Waals surface area contributed by atoms with Gasteiger partial charge in [-0.2, -0.15) is 0 Å². The first-order valence-corrected chi connectivity index (χ1v) is 10.7. The van der Waals surface area contributed by atoms with Crippen LogP contribution in [0.25, 0.3) is 5.57 Å². The van der Waals surface area contributed by atoms with Crippen LogP contribution < -0.4 is 4.74 Å². The minimum atomic E-state index is -0.227. The van der Waals surface area contributed by atoms with Crippen LogP contribution in [0.15, 0.2) is 30.0 Å². The summed E-state index contributed by atoms with van der Waals surface area (Å²) in [6.07, 6.45) is 2.56. The Hall–Kier alpha value is -2.38. The number of piperidine rings is 1. The van der Waals surface area contributed by atoms with Gasteiger partial charge in [-0.05, 0) is 64.0 Å². The van der Waals surface area contributed by atoms with Crippen LogP contribution in [0.3, 0.4) is 0 Å². The number of likely N-dealkylation sites (N-methyl/N-ethyl adjacent to an activating group) is 1.